The smallest absolute Gasteiger partial charge is 0.226 e. The molecule has 0 N–H and O–H groups in total. The lowest BCUT2D eigenvalue weighted by Gasteiger charge is -2.34. The highest BCUT2D eigenvalue weighted by Crippen LogP contribution is 2.48. The van der Waals surface area contributed by atoms with Crippen molar-refractivity contribution in [3.63, 3.8) is 0 Å². The molecule has 2 bridgehead atoms. The van der Waals surface area contributed by atoms with Crippen LogP contribution in [0.5, 0.6) is 0 Å². The van der Waals surface area contributed by atoms with Gasteiger partial charge in [-0.15, -0.1) is 0 Å². The summed E-state index contributed by atoms with van der Waals surface area (Å²) in [6.07, 6.45) is 8.03. The van der Waals surface area contributed by atoms with Crippen LogP contribution in [0.1, 0.15) is 25.7 Å². The minimum atomic E-state index is -1.05. The Kier molecular flexibility index (Phi) is 2.88. The van der Waals surface area contributed by atoms with Crippen molar-refractivity contribution in [1.29, 1.82) is 0 Å². The first-order valence-electron chi connectivity index (χ1n) is 6.86. The molecule has 0 spiro atoms. The van der Waals surface area contributed by atoms with Gasteiger partial charge in [0.2, 0.25) is 5.91 Å². The number of aliphatic carboxylic acids is 1. The van der Waals surface area contributed by atoms with Crippen molar-refractivity contribution in [2.45, 2.75) is 25.7 Å². The normalized spacial score (nSPS) is 38.1. The molecule has 98 valence electrons. The number of hydrogen-bond acceptors (Lipinski definition) is 3. The lowest BCUT2D eigenvalue weighted by molar-refractivity contribution is -0.313. The molecule has 1 saturated heterocycles. The summed E-state index contributed by atoms with van der Waals surface area (Å²) in [7, 11) is 0. The molecule has 4 atom stereocenters. The van der Waals surface area contributed by atoms with Gasteiger partial charge in [0.05, 0.1) is 5.92 Å². The first-order valence-corrected chi connectivity index (χ1v) is 6.86. The van der Waals surface area contributed by atoms with E-state index < -0.39 is 11.9 Å². The quantitative estimate of drug-likeness (QED) is 0.655. The maximum atomic E-state index is 12.5. The highest BCUT2D eigenvalue weighted by atomic mass is 16.4. The number of hydrogen-bond donors (Lipinski definition) is 0. The van der Waals surface area contributed by atoms with Crippen LogP contribution >= 0.6 is 0 Å². The van der Waals surface area contributed by atoms with Gasteiger partial charge in [0.15, 0.2) is 0 Å². The van der Waals surface area contributed by atoms with E-state index in [4.69, 9.17) is 0 Å². The number of allylic oxidation sites excluding steroid dienone is 2. The third kappa shape index (κ3) is 1.74. The summed E-state index contributed by atoms with van der Waals surface area (Å²) < 4.78 is 0. The third-order valence-corrected chi connectivity index (χ3v) is 4.68. The SMILES string of the molecule is O=C([O-])[C@@H]1[C@@H](C(=O)N2CCCCC2)[C@@H]2C=C[C@@H]1C2. The molecule has 0 aromatic carbocycles. The Morgan fingerprint density at radius 1 is 1.00 bits per heavy atom. The summed E-state index contributed by atoms with van der Waals surface area (Å²) >= 11 is 0. The number of rotatable bonds is 2. The summed E-state index contributed by atoms with van der Waals surface area (Å²) in [5, 5.41) is 11.3. The number of carboxylic acids is 1. The van der Waals surface area contributed by atoms with Gasteiger partial charge in [-0.2, -0.15) is 0 Å². The van der Waals surface area contributed by atoms with Crippen molar-refractivity contribution in [1.82, 2.24) is 4.90 Å². The Morgan fingerprint density at radius 2 is 1.61 bits per heavy atom. The van der Waals surface area contributed by atoms with Gasteiger partial charge in [0.1, 0.15) is 0 Å². The summed E-state index contributed by atoms with van der Waals surface area (Å²) in [5.41, 5.74) is 0. The maximum Gasteiger partial charge on any atom is 0.226 e. The van der Waals surface area contributed by atoms with E-state index in [9.17, 15) is 14.7 Å². The summed E-state index contributed by atoms with van der Waals surface area (Å²) in [4.78, 5) is 25.6. The molecule has 1 amide bonds. The van der Waals surface area contributed by atoms with E-state index in [1.54, 1.807) is 0 Å². The van der Waals surface area contributed by atoms with Crippen LogP contribution < -0.4 is 5.11 Å². The average molecular weight is 248 g/mol. The zero-order chi connectivity index (χ0) is 12.7. The van der Waals surface area contributed by atoms with E-state index in [1.165, 1.54) is 6.42 Å². The van der Waals surface area contributed by atoms with Gasteiger partial charge >= 0.3 is 0 Å². The molecule has 1 aliphatic heterocycles. The topological polar surface area (TPSA) is 60.4 Å². The highest BCUT2D eigenvalue weighted by Gasteiger charge is 2.49. The Balaban J connectivity index is 1.79. The van der Waals surface area contributed by atoms with E-state index in [2.05, 4.69) is 0 Å². The summed E-state index contributed by atoms with van der Waals surface area (Å²) in [5.74, 6) is -1.86. The second-order valence-electron chi connectivity index (χ2n) is 5.70. The van der Waals surface area contributed by atoms with Crippen LogP contribution in [-0.4, -0.2) is 29.9 Å². The molecule has 2 fully saturated rings. The molecule has 0 radical (unpaired) electrons. The number of likely N-dealkylation sites (tertiary alicyclic amines) is 1. The van der Waals surface area contributed by atoms with Gasteiger partial charge in [-0.05, 0) is 37.5 Å². The van der Waals surface area contributed by atoms with Gasteiger partial charge in [0, 0.05) is 25.0 Å². The molecule has 1 saturated carbocycles. The van der Waals surface area contributed by atoms with Crippen LogP contribution in [0.15, 0.2) is 12.2 Å². The fraction of sp³-hybridized carbons (Fsp3) is 0.714. The summed E-state index contributed by atoms with van der Waals surface area (Å²) in [6.45, 7) is 1.58. The number of amides is 1. The molecule has 0 unspecified atom stereocenters. The molecule has 3 aliphatic rings. The minimum Gasteiger partial charge on any atom is -0.550 e. The molecule has 4 nitrogen and oxygen atoms in total. The second kappa shape index (κ2) is 4.41. The first-order chi connectivity index (χ1) is 8.68. The van der Waals surface area contributed by atoms with Crippen molar-refractivity contribution >= 4 is 11.9 Å². The van der Waals surface area contributed by atoms with E-state index in [-0.39, 0.29) is 23.7 Å². The third-order valence-electron chi connectivity index (χ3n) is 4.68. The predicted octanol–water partition coefficient (Wildman–Crippen LogP) is 0.187. The molecule has 0 aromatic heterocycles. The predicted molar refractivity (Wildman–Crippen MR) is 63.2 cm³/mol. The average Bonchev–Trinajstić information content (AvgIpc) is 2.99. The molecule has 1 heterocycles. The van der Waals surface area contributed by atoms with E-state index in [1.807, 2.05) is 17.1 Å². The van der Waals surface area contributed by atoms with Crippen LogP contribution in [0.3, 0.4) is 0 Å². The standard InChI is InChI=1S/C14H19NO3/c16-13(15-6-2-1-3-7-15)11-9-4-5-10(8-9)12(11)14(17)18/h4-5,9-12H,1-3,6-8H2,(H,17,18)/p-1/t9-,10-,11+,12+/m1/s1. The Labute approximate surface area is 107 Å². The number of carbonyl (C=O) groups is 2. The largest absolute Gasteiger partial charge is 0.550 e. The zero-order valence-electron chi connectivity index (χ0n) is 10.4. The molecule has 2 aliphatic carbocycles. The lowest BCUT2D eigenvalue weighted by Crippen LogP contribution is -2.47. The lowest BCUT2D eigenvalue weighted by atomic mass is 9.82. The number of piperidine rings is 1. The fourth-order valence-electron chi connectivity index (χ4n) is 3.81. The van der Waals surface area contributed by atoms with Crippen LogP contribution in [0, 0.1) is 23.7 Å². The van der Waals surface area contributed by atoms with Gasteiger partial charge < -0.3 is 14.8 Å². The molecular weight excluding hydrogens is 230 g/mol. The van der Waals surface area contributed by atoms with Crippen molar-refractivity contribution < 1.29 is 14.7 Å². The Morgan fingerprint density at radius 3 is 2.22 bits per heavy atom. The van der Waals surface area contributed by atoms with Crippen molar-refractivity contribution in [2.75, 3.05) is 13.1 Å². The molecule has 4 heteroatoms. The zero-order valence-corrected chi connectivity index (χ0v) is 10.4. The molecule has 0 aromatic rings. The van der Waals surface area contributed by atoms with Crippen LogP contribution in [0.25, 0.3) is 0 Å². The van der Waals surface area contributed by atoms with Crippen LogP contribution in [0.2, 0.25) is 0 Å². The van der Waals surface area contributed by atoms with Gasteiger partial charge in [-0.25, -0.2) is 0 Å². The Bertz CT molecular complexity index is 398. The number of carboxylic acid groups (broad SMARTS) is 1. The van der Waals surface area contributed by atoms with E-state index >= 15 is 0 Å². The van der Waals surface area contributed by atoms with Crippen LogP contribution in [0.4, 0.5) is 0 Å². The second-order valence-corrected chi connectivity index (χ2v) is 5.70. The first kappa shape index (κ1) is 11.8. The highest BCUT2D eigenvalue weighted by molar-refractivity contribution is 5.86. The number of carbonyl (C=O) groups excluding carboxylic acids is 2. The maximum absolute atomic E-state index is 12.5. The fourth-order valence-corrected chi connectivity index (χ4v) is 3.81. The molecular formula is C14H18NO3-. The Hall–Kier alpha value is -1.32. The van der Waals surface area contributed by atoms with E-state index in [0.717, 1.165) is 32.4 Å². The van der Waals surface area contributed by atoms with Gasteiger partial charge in [0.25, 0.3) is 0 Å². The van der Waals surface area contributed by atoms with Crippen molar-refractivity contribution in [3.05, 3.63) is 12.2 Å². The molecule has 18 heavy (non-hydrogen) atoms. The summed E-state index contributed by atoms with van der Waals surface area (Å²) in [6, 6.07) is 0. The van der Waals surface area contributed by atoms with Crippen molar-refractivity contribution in [2.24, 2.45) is 23.7 Å². The molecule has 3 rings (SSSR count). The van der Waals surface area contributed by atoms with Gasteiger partial charge in [-0.3, -0.25) is 4.79 Å². The van der Waals surface area contributed by atoms with Crippen LogP contribution in [-0.2, 0) is 9.59 Å². The van der Waals surface area contributed by atoms with Gasteiger partial charge in [-0.1, -0.05) is 12.2 Å². The monoisotopic (exact) mass is 248 g/mol. The van der Waals surface area contributed by atoms with Crippen molar-refractivity contribution in [3.8, 4) is 0 Å². The number of nitrogens with zero attached hydrogens (tertiary/aromatic N) is 1. The minimum absolute atomic E-state index is 0.0127. The number of fused-ring (bicyclic) bond motifs is 2. The van der Waals surface area contributed by atoms with E-state index in [0.29, 0.717) is 0 Å².